The molecule has 0 bridgehead atoms. The van der Waals surface area contributed by atoms with Gasteiger partial charge in [-0.05, 0) is 35.6 Å². The molecule has 0 radical (unpaired) electrons. The molecule has 1 unspecified atom stereocenters. The minimum Gasteiger partial charge on any atom is -0.479 e. The zero-order valence-corrected chi connectivity index (χ0v) is 19.8. The van der Waals surface area contributed by atoms with Gasteiger partial charge in [0, 0.05) is 19.6 Å². The molecule has 2 amide bonds. The van der Waals surface area contributed by atoms with Crippen molar-refractivity contribution in [2.45, 2.75) is 30.9 Å². The summed E-state index contributed by atoms with van der Waals surface area (Å²) in [7, 11) is 1.37. The Labute approximate surface area is 203 Å². The summed E-state index contributed by atoms with van der Waals surface area (Å²) in [5.41, 5.74) is 3.06. The third kappa shape index (κ3) is 5.31. The van der Waals surface area contributed by atoms with Gasteiger partial charge in [-0.25, -0.2) is 9.59 Å². The number of hydrogen-bond acceptors (Lipinski definition) is 6. The van der Waals surface area contributed by atoms with Crippen LogP contribution in [0.5, 0.6) is 0 Å². The molecule has 4 rings (SSSR count). The molecule has 1 saturated heterocycles. The minimum atomic E-state index is -1.52. The van der Waals surface area contributed by atoms with E-state index in [9.17, 15) is 19.5 Å². The van der Waals surface area contributed by atoms with Crippen LogP contribution in [-0.4, -0.2) is 68.2 Å². The van der Waals surface area contributed by atoms with E-state index in [1.807, 2.05) is 24.3 Å². The number of ether oxygens (including phenoxy) is 3. The van der Waals surface area contributed by atoms with Crippen molar-refractivity contribution in [3.63, 3.8) is 0 Å². The maximum Gasteiger partial charge on any atom is 0.407 e. The number of carbonyl (C=O) groups is 3. The van der Waals surface area contributed by atoms with Crippen molar-refractivity contribution in [1.82, 2.24) is 10.6 Å². The van der Waals surface area contributed by atoms with E-state index in [1.54, 1.807) is 0 Å². The summed E-state index contributed by atoms with van der Waals surface area (Å²) in [6, 6.07) is 16.2. The molecule has 3 N–H and O–H groups in total. The van der Waals surface area contributed by atoms with Crippen LogP contribution in [0.2, 0.25) is 0 Å². The van der Waals surface area contributed by atoms with Crippen LogP contribution in [0.4, 0.5) is 4.79 Å². The second kappa shape index (κ2) is 10.5. The van der Waals surface area contributed by atoms with Gasteiger partial charge in [0.1, 0.15) is 6.61 Å². The molecule has 3 atom stereocenters. The Balaban J connectivity index is 1.25. The molecule has 2 aliphatic rings. The number of fused-ring (bicyclic) bond motifs is 3. The van der Waals surface area contributed by atoms with Gasteiger partial charge < -0.3 is 30.0 Å². The van der Waals surface area contributed by atoms with E-state index in [0.717, 1.165) is 22.3 Å². The van der Waals surface area contributed by atoms with Gasteiger partial charge in [-0.2, -0.15) is 0 Å². The van der Waals surface area contributed by atoms with Crippen LogP contribution in [-0.2, 0) is 23.8 Å². The first kappa shape index (κ1) is 24.7. The second-order valence-corrected chi connectivity index (χ2v) is 9.15. The SMILES string of the molecule is COCC(C)(NC(=O)[C@@H]1CO[C@H](CNC(=O)OCC2c3ccccc3-c3ccccc32)C1)C(=O)O. The number of alkyl carbamates (subject to hydrolysis) is 1. The summed E-state index contributed by atoms with van der Waals surface area (Å²) in [6.45, 7) is 1.78. The number of nitrogens with one attached hydrogen (secondary N) is 2. The predicted octanol–water partition coefficient (Wildman–Crippen LogP) is 2.54. The fourth-order valence-electron chi connectivity index (χ4n) is 4.69. The number of methoxy groups -OCH3 is 1. The van der Waals surface area contributed by atoms with Crippen molar-refractivity contribution in [3.05, 3.63) is 59.7 Å². The Morgan fingerprint density at radius 3 is 2.31 bits per heavy atom. The lowest BCUT2D eigenvalue weighted by atomic mass is 9.98. The van der Waals surface area contributed by atoms with Gasteiger partial charge in [-0.3, -0.25) is 4.79 Å². The summed E-state index contributed by atoms with van der Waals surface area (Å²) in [6.07, 6.45) is -0.565. The standard InChI is InChI=1S/C26H30N2O7/c1-26(15-33-2,24(30)31)28-23(29)16-11-17(34-13-16)12-27-25(32)35-14-22-20-9-5-3-7-18(20)19-8-4-6-10-21(19)22/h3-10,16-17,22H,11-15H2,1-2H3,(H,27,32)(H,28,29)(H,30,31)/t16-,17-,26?/m0/s1. The number of aliphatic carboxylic acids is 1. The third-order valence-electron chi connectivity index (χ3n) is 6.57. The van der Waals surface area contributed by atoms with Crippen LogP contribution in [0.25, 0.3) is 11.1 Å². The molecule has 0 spiro atoms. The molecule has 2 aromatic rings. The maximum atomic E-state index is 12.6. The van der Waals surface area contributed by atoms with Crippen molar-refractivity contribution < 1.29 is 33.7 Å². The first-order valence-electron chi connectivity index (χ1n) is 11.6. The van der Waals surface area contributed by atoms with Crippen LogP contribution in [0, 0.1) is 5.92 Å². The lowest BCUT2D eigenvalue weighted by Gasteiger charge is -2.26. The lowest BCUT2D eigenvalue weighted by Crippen LogP contribution is -2.56. The van der Waals surface area contributed by atoms with E-state index >= 15 is 0 Å². The molecule has 35 heavy (non-hydrogen) atoms. The number of carboxylic acids is 1. The zero-order chi connectivity index (χ0) is 25.0. The number of benzene rings is 2. The second-order valence-electron chi connectivity index (χ2n) is 9.15. The third-order valence-corrected chi connectivity index (χ3v) is 6.57. The van der Waals surface area contributed by atoms with Gasteiger partial charge in [-0.15, -0.1) is 0 Å². The number of carbonyl (C=O) groups excluding carboxylic acids is 2. The Morgan fingerprint density at radius 2 is 1.71 bits per heavy atom. The Bertz CT molecular complexity index is 1060. The van der Waals surface area contributed by atoms with Crippen molar-refractivity contribution in [3.8, 4) is 11.1 Å². The number of rotatable bonds is 9. The van der Waals surface area contributed by atoms with Crippen LogP contribution < -0.4 is 10.6 Å². The summed E-state index contributed by atoms with van der Waals surface area (Å²) >= 11 is 0. The zero-order valence-electron chi connectivity index (χ0n) is 19.8. The summed E-state index contributed by atoms with van der Waals surface area (Å²) in [5.74, 6) is -2.14. The highest BCUT2D eigenvalue weighted by Crippen LogP contribution is 2.44. The van der Waals surface area contributed by atoms with Gasteiger partial charge in [-0.1, -0.05) is 48.5 Å². The number of carboxylic acid groups (broad SMARTS) is 1. The minimum absolute atomic E-state index is 0.0281. The van der Waals surface area contributed by atoms with Crippen molar-refractivity contribution in [2.75, 3.05) is 33.5 Å². The topological polar surface area (TPSA) is 123 Å². The normalized spacial score (nSPS) is 20.4. The highest BCUT2D eigenvalue weighted by molar-refractivity contribution is 5.88. The lowest BCUT2D eigenvalue weighted by molar-refractivity contribution is -0.150. The van der Waals surface area contributed by atoms with E-state index in [1.165, 1.54) is 14.0 Å². The molecule has 0 saturated carbocycles. The van der Waals surface area contributed by atoms with E-state index in [-0.39, 0.29) is 38.4 Å². The monoisotopic (exact) mass is 482 g/mol. The molecule has 2 aromatic carbocycles. The highest BCUT2D eigenvalue weighted by Gasteiger charge is 2.39. The Hall–Kier alpha value is -3.43. The Morgan fingerprint density at radius 1 is 1.09 bits per heavy atom. The first-order chi connectivity index (χ1) is 16.8. The molecule has 9 nitrogen and oxygen atoms in total. The fourth-order valence-corrected chi connectivity index (χ4v) is 4.69. The highest BCUT2D eigenvalue weighted by atomic mass is 16.5. The molecule has 1 aliphatic carbocycles. The quantitative estimate of drug-likeness (QED) is 0.502. The van der Waals surface area contributed by atoms with E-state index < -0.39 is 29.4 Å². The predicted molar refractivity (Wildman–Crippen MR) is 127 cm³/mol. The van der Waals surface area contributed by atoms with Gasteiger partial charge in [0.05, 0.1) is 25.2 Å². The van der Waals surface area contributed by atoms with Crippen molar-refractivity contribution >= 4 is 18.0 Å². The number of hydrogen-bond donors (Lipinski definition) is 3. The smallest absolute Gasteiger partial charge is 0.407 e. The molecule has 1 aliphatic heterocycles. The summed E-state index contributed by atoms with van der Waals surface area (Å²) < 4.78 is 16.1. The van der Waals surface area contributed by atoms with Gasteiger partial charge in [0.15, 0.2) is 5.54 Å². The summed E-state index contributed by atoms with van der Waals surface area (Å²) in [5, 5.41) is 14.6. The van der Waals surface area contributed by atoms with Gasteiger partial charge in [0.25, 0.3) is 0 Å². The average Bonchev–Trinajstić information content (AvgIpc) is 3.45. The van der Waals surface area contributed by atoms with E-state index in [4.69, 9.17) is 14.2 Å². The average molecular weight is 483 g/mol. The fraction of sp³-hybridized carbons (Fsp3) is 0.423. The first-order valence-corrected chi connectivity index (χ1v) is 11.6. The largest absolute Gasteiger partial charge is 0.479 e. The summed E-state index contributed by atoms with van der Waals surface area (Å²) in [4.78, 5) is 36.4. The van der Waals surface area contributed by atoms with Gasteiger partial charge in [0.2, 0.25) is 5.91 Å². The maximum absolute atomic E-state index is 12.6. The molecule has 1 heterocycles. The van der Waals surface area contributed by atoms with Crippen molar-refractivity contribution in [1.29, 1.82) is 0 Å². The van der Waals surface area contributed by atoms with E-state index in [2.05, 4.69) is 34.9 Å². The van der Waals surface area contributed by atoms with E-state index in [0.29, 0.717) is 6.42 Å². The van der Waals surface area contributed by atoms with Crippen LogP contribution in [0.15, 0.2) is 48.5 Å². The van der Waals surface area contributed by atoms with Crippen molar-refractivity contribution in [2.24, 2.45) is 5.92 Å². The van der Waals surface area contributed by atoms with Crippen LogP contribution >= 0.6 is 0 Å². The molecule has 0 aromatic heterocycles. The Kier molecular flexibility index (Phi) is 7.37. The molecule has 1 fully saturated rings. The molecule has 9 heteroatoms. The molecular weight excluding hydrogens is 452 g/mol. The molecular formula is C26H30N2O7. The van der Waals surface area contributed by atoms with Crippen LogP contribution in [0.3, 0.4) is 0 Å². The van der Waals surface area contributed by atoms with Crippen LogP contribution in [0.1, 0.15) is 30.4 Å². The number of amides is 2. The molecule has 186 valence electrons. The van der Waals surface area contributed by atoms with Gasteiger partial charge >= 0.3 is 12.1 Å².